The number of anilines is 1. The zero-order valence-electron chi connectivity index (χ0n) is 17.7. The van der Waals surface area contributed by atoms with Gasteiger partial charge in [0.05, 0.1) is 29.2 Å². The van der Waals surface area contributed by atoms with Gasteiger partial charge in [0.1, 0.15) is 0 Å². The van der Waals surface area contributed by atoms with Crippen molar-refractivity contribution in [2.75, 3.05) is 25.5 Å². The molecule has 0 bridgehead atoms. The second-order valence-electron chi connectivity index (χ2n) is 7.74. The Kier molecular flexibility index (Phi) is 6.25. The first-order chi connectivity index (χ1) is 15.4. The van der Waals surface area contributed by atoms with Crippen LogP contribution in [0, 0.1) is 5.92 Å². The molecule has 4 rings (SSSR count). The number of nitrogens with zero attached hydrogens (tertiary/aromatic N) is 1. The molecule has 32 heavy (non-hydrogen) atoms. The SMILES string of the molecule is COC(=O)c1ccccc1NC(=O)[C@@H]1CCCN(S(=O)(=O)c2ccc3ccccc3c2)C1. The number of hydrogen-bond acceptors (Lipinski definition) is 5. The summed E-state index contributed by atoms with van der Waals surface area (Å²) in [4.78, 5) is 25.1. The number of sulfonamides is 1. The number of piperidine rings is 1. The minimum Gasteiger partial charge on any atom is -0.465 e. The van der Waals surface area contributed by atoms with E-state index in [9.17, 15) is 18.0 Å². The summed E-state index contributed by atoms with van der Waals surface area (Å²) in [5, 5.41) is 4.58. The first-order valence-corrected chi connectivity index (χ1v) is 11.8. The zero-order valence-corrected chi connectivity index (χ0v) is 18.5. The van der Waals surface area contributed by atoms with Crippen molar-refractivity contribution in [3.8, 4) is 0 Å². The van der Waals surface area contributed by atoms with Crippen molar-refractivity contribution in [1.82, 2.24) is 4.31 Å². The molecule has 0 aromatic heterocycles. The lowest BCUT2D eigenvalue weighted by Gasteiger charge is -2.31. The lowest BCUT2D eigenvalue weighted by atomic mass is 9.98. The van der Waals surface area contributed by atoms with Crippen molar-refractivity contribution in [2.45, 2.75) is 17.7 Å². The number of amides is 1. The predicted molar refractivity (Wildman–Crippen MR) is 122 cm³/mol. The van der Waals surface area contributed by atoms with Crippen LogP contribution in [0.3, 0.4) is 0 Å². The van der Waals surface area contributed by atoms with Gasteiger partial charge in [-0.05, 0) is 47.9 Å². The molecule has 0 spiro atoms. The monoisotopic (exact) mass is 452 g/mol. The molecule has 0 unspecified atom stereocenters. The highest BCUT2D eigenvalue weighted by atomic mass is 32.2. The number of esters is 1. The molecule has 0 saturated carbocycles. The summed E-state index contributed by atoms with van der Waals surface area (Å²) in [5.74, 6) is -1.39. The molecule has 1 aliphatic heterocycles. The Morgan fingerprint density at radius 1 is 1.00 bits per heavy atom. The number of para-hydroxylation sites is 1. The number of rotatable bonds is 5. The lowest BCUT2D eigenvalue weighted by molar-refractivity contribution is -0.120. The number of methoxy groups -OCH3 is 1. The van der Waals surface area contributed by atoms with E-state index in [1.54, 1.807) is 42.5 Å². The molecule has 1 atom stereocenters. The van der Waals surface area contributed by atoms with E-state index in [0.717, 1.165) is 10.8 Å². The van der Waals surface area contributed by atoms with Gasteiger partial charge < -0.3 is 10.1 Å². The number of nitrogens with one attached hydrogen (secondary N) is 1. The molecule has 8 heteroatoms. The average Bonchev–Trinajstić information content (AvgIpc) is 2.83. The smallest absolute Gasteiger partial charge is 0.339 e. The van der Waals surface area contributed by atoms with E-state index in [2.05, 4.69) is 5.32 Å². The average molecular weight is 453 g/mol. The Balaban J connectivity index is 1.53. The molecule has 1 N–H and O–H groups in total. The molecule has 3 aromatic rings. The quantitative estimate of drug-likeness (QED) is 0.597. The molecule has 1 heterocycles. The second kappa shape index (κ2) is 9.10. The first-order valence-electron chi connectivity index (χ1n) is 10.4. The van der Waals surface area contributed by atoms with E-state index in [0.29, 0.717) is 25.1 Å². The van der Waals surface area contributed by atoms with E-state index in [-0.39, 0.29) is 22.9 Å². The van der Waals surface area contributed by atoms with E-state index in [1.165, 1.54) is 11.4 Å². The summed E-state index contributed by atoms with van der Waals surface area (Å²) in [5.41, 5.74) is 0.596. The molecule has 0 radical (unpaired) electrons. The van der Waals surface area contributed by atoms with Crippen molar-refractivity contribution >= 4 is 38.4 Å². The van der Waals surface area contributed by atoms with E-state index in [1.807, 2.05) is 24.3 Å². The third-order valence-corrected chi connectivity index (χ3v) is 7.56. The van der Waals surface area contributed by atoms with Crippen LogP contribution in [0.15, 0.2) is 71.6 Å². The molecule has 1 aliphatic rings. The topological polar surface area (TPSA) is 92.8 Å². The molecule has 0 aliphatic carbocycles. The van der Waals surface area contributed by atoms with Crippen molar-refractivity contribution in [3.05, 3.63) is 72.3 Å². The summed E-state index contributed by atoms with van der Waals surface area (Å²) in [6.45, 7) is 0.444. The molecule has 1 fully saturated rings. The van der Waals surface area contributed by atoms with E-state index in [4.69, 9.17) is 4.74 Å². The second-order valence-corrected chi connectivity index (χ2v) is 9.68. The highest BCUT2D eigenvalue weighted by Gasteiger charge is 2.33. The fourth-order valence-electron chi connectivity index (χ4n) is 3.97. The van der Waals surface area contributed by atoms with Crippen molar-refractivity contribution < 1.29 is 22.7 Å². The highest BCUT2D eigenvalue weighted by molar-refractivity contribution is 7.89. The van der Waals surface area contributed by atoms with Crippen LogP contribution in [-0.4, -0.2) is 44.8 Å². The maximum Gasteiger partial charge on any atom is 0.339 e. The molecule has 166 valence electrons. The van der Waals surface area contributed by atoms with Gasteiger partial charge in [-0.2, -0.15) is 4.31 Å². The van der Waals surface area contributed by atoms with Crippen LogP contribution < -0.4 is 5.32 Å². The summed E-state index contributed by atoms with van der Waals surface area (Å²) < 4.78 is 32.7. The number of carbonyl (C=O) groups is 2. The molecule has 3 aromatic carbocycles. The van der Waals surface area contributed by atoms with Crippen LogP contribution in [0.4, 0.5) is 5.69 Å². The fraction of sp³-hybridized carbons (Fsp3) is 0.250. The van der Waals surface area contributed by atoms with Gasteiger partial charge in [0, 0.05) is 13.1 Å². The third kappa shape index (κ3) is 4.37. The minimum atomic E-state index is -3.74. The minimum absolute atomic E-state index is 0.0847. The maximum atomic E-state index is 13.3. The molecular weight excluding hydrogens is 428 g/mol. The maximum absolute atomic E-state index is 13.3. The largest absolute Gasteiger partial charge is 0.465 e. The molecule has 1 saturated heterocycles. The van der Waals surface area contributed by atoms with Crippen molar-refractivity contribution in [1.29, 1.82) is 0 Å². The normalized spacial score (nSPS) is 17.1. The summed E-state index contributed by atoms with van der Waals surface area (Å²) >= 11 is 0. The van der Waals surface area contributed by atoms with Crippen LogP contribution in [-0.2, 0) is 19.6 Å². The number of fused-ring (bicyclic) bond motifs is 1. The number of benzene rings is 3. The van der Waals surface area contributed by atoms with E-state index < -0.39 is 21.9 Å². The highest BCUT2D eigenvalue weighted by Crippen LogP contribution is 2.27. The van der Waals surface area contributed by atoms with E-state index >= 15 is 0 Å². The Hall–Kier alpha value is -3.23. The predicted octanol–water partition coefficient (Wildman–Crippen LogP) is 3.67. The molecule has 7 nitrogen and oxygen atoms in total. The molecular formula is C24H24N2O5S. The fourth-order valence-corrected chi connectivity index (χ4v) is 5.53. The Morgan fingerprint density at radius 2 is 1.72 bits per heavy atom. The van der Waals surface area contributed by atoms with Crippen LogP contribution >= 0.6 is 0 Å². The lowest BCUT2D eigenvalue weighted by Crippen LogP contribution is -2.43. The van der Waals surface area contributed by atoms with Crippen LogP contribution in [0.1, 0.15) is 23.2 Å². The number of ether oxygens (including phenoxy) is 1. The van der Waals surface area contributed by atoms with Gasteiger partial charge in [-0.1, -0.05) is 42.5 Å². The standard InChI is InChI=1S/C24H24N2O5S/c1-31-24(28)21-10-4-5-11-22(21)25-23(27)19-9-6-14-26(16-19)32(29,30)20-13-12-17-7-2-3-8-18(17)15-20/h2-5,7-8,10-13,15,19H,6,9,14,16H2,1H3,(H,25,27)/t19-/m1/s1. The summed E-state index contributed by atoms with van der Waals surface area (Å²) in [7, 11) is -2.46. The molecule has 1 amide bonds. The van der Waals surface area contributed by atoms with Gasteiger partial charge in [-0.3, -0.25) is 4.79 Å². The number of hydrogen-bond donors (Lipinski definition) is 1. The van der Waals surface area contributed by atoms with Crippen molar-refractivity contribution in [2.24, 2.45) is 5.92 Å². The van der Waals surface area contributed by atoms with Gasteiger partial charge in [0.2, 0.25) is 15.9 Å². The van der Waals surface area contributed by atoms with Gasteiger partial charge in [0.25, 0.3) is 0 Å². The third-order valence-electron chi connectivity index (χ3n) is 5.70. The van der Waals surface area contributed by atoms with Crippen molar-refractivity contribution in [3.63, 3.8) is 0 Å². The van der Waals surface area contributed by atoms with Gasteiger partial charge >= 0.3 is 5.97 Å². The van der Waals surface area contributed by atoms with Crippen LogP contribution in [0.5, 0.6) is 0 Å². The van der Waals surface area contributed by atoms with Gasteiger partial charge in [-0.25, -0.2) is 13.2 Å². The van der Waals surface area contributed by atoms with Crippen LogP contribution in [0.2, 0.25) is 0 Å². The van der Waals surface area contributed by atoms with Gasteiger partial charge in [0.15, 0.2) is 0 Å². The van der Waals surface area contributed by atoms with Crippen LogP contribution in [0.25, 0.3) is 10.8 Å². The van der Waals surface area contributed by atoms with Gasteiger partial charge in [-0.15, -0.1) is 0 Å². The Bertz CT molecular complexity index is 1270. The Labute approximate surface area is 187 Å². The summed E-state index contributed by atoms with van der Waals surface area (Å²) in [6.07, 6.45) is 1.14. The zero-order chi connectivity index (χ0) is 22.7. The first kappa shape index (κ1) is 22.0. The number of carbonyl (C=O) groups excluding carboxylic acids is 2. The summed E-state index contributed by atoms with van der Waals surface area (Å²) in [6, 6.07) is 19.2. The Morgan fingerprint density at radius 3 is 2.50 bits per heavy atom.